The van der Waals surface area contributed by atoms with Gasteiger partial charge in [0.1, 0.15) is 0 Å². The molecule has 0 unspecified atom stereocenters. The van der Waals surface area contributed by atoms with Crippen molar-refractivity contribution in [2.75, 3.05) is 0 Å². The molecule has 0 radical (unpaired) electrons. The average molecular weight is 256 g/mol. The summed E-state index contributed by atoms with van der Waals surface area (Å²) in [5, 5.41) is 0. The second-order valence-electron chi connectivity index (χ2n) is 10.6. The average Bonchev–Trinajstić information content (AvgIpc) is 3.07. The summed E-state index contributed by atoms with van der Waals surface area (Å²) in [6.07, 6.45) is 0. The van der Waals surface area contributed by atoms with E-state index in [4.69, 9.17) is 0 Å². The van der Waals surface area contributed by atoms with Gasteiger partial charge in [-0.25, -0.2) is 0 Å². The molecule has 0 aromatic carbocycles. The summed E-state index contributed by atoms with van der Waals surface area (Å²) in [6, 6.07) is 0. The van der Waals surface area contributed by atoms with E-state index in [1.54, 1.807) is 0 Å². The lowest BCUT2D eigenvalue weighted by Crippen LogP contribution is -2.25. The lowest BCUT2D eigenvalue weighted by atomic mass is 9.75. The van der Waals surface area contributed by atoms with E-state index in [0.717, 1.165) is 0 Å². The molecule has 8 fully saturated rings. The van der Waals surface area contributed by atoms with Gasteiger partial charge in [0.05, 0.1) is 0 Å². The van der Waals surface area contributed by atoms with E-state index in [0.29, 0.717) is 0 Å². The molecule has 0 amide bonds. The maximum atomic E-state index is 2.21. The van der Waals surface area contributed by atoms with E-state index >= 15 is 0 Å². The number of allylic oxidation sites excluding steroid dienone is 4. The minimum atomic E-state index is 1.18. The minimum absolute atomic E-state index is 1.18. The van der Waals surface area contributed by atoms with Gasteiger partial charge in [0, 0.05) is 0 Å². The highest BCUT2D eigenvalue weighted by molar-refractivity contribution is 5.66. The van der Waals surface area contributed by atoms with Crippen molar-refractivity contribution in [2.24, 2.45) is 94.7 Å². The molecule has 0 heterocycles. The predicted molar refractivity (Wildman–Crippen MR) is 69.9 cm³/mol. The van der Waals surface area contributed by atoms with Gasteiger partial charge in [-0.15, -0.1) is 0 Å². The first-order valence-electron chi connectivity index (χ1n) is 9.48. The van der Waals surface area contributed by atoms with Gasteiger partial charge in [-0.2, -0.15) is 0 Å². The molecular formula is C20H16. The zero-order valence-electron chi connectivity index (χ0n) is 11.2. The zero-order valence-corrected chi connectivity index (χ0v) is 11.2. The van der Waals surface area contributed by atoms with E-state index in [2.05, 4.69) is 22.3 Å². The quantitative estimate of drug-likeness (QED) is 0.584. The summed E-state index contributed by atoms with van der Waals surface area (Å²) in [6.45, 7) is 0. The summed E-state index contributed by atoms with van der Waals surface area (Å²) in [5.41, 5.74) is 8.83. The van der Waals surface area contributed by atoms with E-state index in [-0.39, 0.29) is 0 Å². The summed E-state index contributed by atoms with van der Waals surface area (Å²) >= 11 is 0. The van der Waals surface area contributed by atoms with Crippen LogP contribution < -0.4 is 0 Å². The van der Waals surface area contributed by atoms with Crippen LogP contribution in [0.5, 0.6) is 0 Å². The first kappa shape index (κ1) is 7.65. The van der Waals surface area contributed by atoms with Crippen molar-refractivity contribution < 1.29 is 0 Å². The number of hydrogen-bond donors (Lipinski definition) is 0. The Balaban J connectivity index is 1.57. The van der Waals surface area contributed by atoms with E-state index in [9.17, 15) is 0 Å². The highest BCUT2D eigenvalue weighted by atomic mass is 15.0. The molecule has 0 N–H and O–H groups in total. The Kier molecular flexibility index (Phi) is 0.611. The summed E-state index contributed by atoms with van der Waals surface area (Å²) in [4.78, 5) is 0. The van der Waals surface area contributed by atoms with Crippen molar-refractivity contribution in [1.29, 1.82) is 0 Å². The molecule has 12 rings (SSSR count). The van der Waals surface area contributed by atoms with Gasteiger partial charge in [-0.1, -0.05) is 22.3 Å². The van der Waals surface area contributed by atoms with Gasteiger partial charge in [0.2, 0.25) is 0 Å². The van der Waals surface area contributed by atoms with Gasteiger partial charge in [-0.3, -0.25) is 0 Å². The second kappa shape index (κ2) is 1.60. The molecule has 0 aromatic heterocycles. The monoisotopic (exact) mass is 256 g/mol. The molecule has 0 bridgehead atoms. The molecule has 96 valence electrons. The molecule has 0 spiro atoms. The van der Waals surface area contributed by atoms with Gasteiger partial charge in [0.25, 0.3) is 0 Å². The molecule has 0 saturated heterocycles. The van der Waals surface area contributed by atoms with Crippen LogP contribution in [0.3, 0.4) is 0 Å². The van der Waals surface area contributed by atoms with Crippen molar-refractivity contribution in [3.63, 3.8) is 0 Å². The van der Waals surface area contributed by atoms with Crippen molar-refractivity contribution in [2.45, 2.75) is 0 Å². The Labute approximate surface area is 117 Å². The molecular weight excluding hydrogens is 240 g/mol. The molecule has 0 aliphatic heterocycles. The van der Waals surface area contributed by atoms with Crippen LogP contribution in [0, 0.1) is 94.7 Å². The topological polar surface area (TPSA) is 0 Å². The van der Waals surface area contributed by atoms with Crippen LogP contribution in [0.25, 0.3) is 0 Å². The second-order valence-corrected chi connectivity index (χ2v) is 10.6. The van der Waals surface area contributed by atoms with E-state index in [1.165, 1.54) is 94.7 Å². The van der Waals surface area contributed by atoms with Crippen molar-refractivity contribution in [3.05, 3.63) is 22.3 Å². The van der Waals surface area contributed by atoms with Crippen LogP contribution in [0.4, 0.5) is 0 Å². The molecule has 0 heteroatoms. The van der Waals surface area contributed by atoms with E-state index < -0.39 is 0 Å². The Morgan fingerprint density at radius 1 is 0.250 bits per heavy atom. The van der Waals surface area contributed by atoms with Crippen molar-refractivity contribution >= 4 is 0 Å². The fourth-order valence-corrected chi connectivity index (χ4v) is 13.4. The van der Waals surface area contributed by atoms with Crippen LogP contribution >= 0.6 is 0 Å². The molecule has 0 nitrogen and oxygen atoms in total. The van der Waals surface area contributed by atoms with E-state index in [1.807, 2.05) is 0 Å². The molecule has 12 aliphatic rings. The standard InChI is InChI=1S/C20H16/c1-2-5-7-3(1)9-10-4(1)8-6(2)12-11(5)17-13(7)15(9)19-16(10)14(8)18(12)20(17)19/h1-8,13-20H. The molecule has 20 heavy (non-hydrogen) atoms. The Morgan fingerprint density at radius 3 is 0.550 bits per heavy atom. The normalized spacial score (nSPS) is 93.6. The first-order valence-corrected chi connectivity index (χ1v) is 9.48. The van der Waals surface area contributed by atoms with Crippen LogP contribution in [0.15, 0.2) is 22.3 Å². The Bertz CT molecular complexity index is 648. The molecule has 8 saturated carbocycles. The molecule has 0 atom stereocenters. The van der Waals surface area contributed by atoms with Crippen molar-refractivity contribution in [3.8, 4) is 0 Å². The van der Waals surface area contributed by atoms with Crippen LogP contribution in [-0.2, 0) is 0 Å². The lowest BCUT2D eigenvalue weighted by molar-refractivity contribution is 0.198. The third-order valence-electron chi connectivity index (χ3n) is 12.0. The summed E-state index contributed by atoms with van der Waals surface area (Å²) in [7, 11) is 0. The summed E-state index contributed by atoms with van der Waals surface area (Å²) in [5.74, 6) is 19.2. The molecule has 0 aromatic rings. The maximum Gasteiger partial charge on any atom is -0.0123 e. The highest BCUT2D eigenvalue weighted by Gasteiger charge is 2.94. The van der Waals surface area contributed by atoms with Crippen LogP contribution in [-0.4, -0.2) is 0 Å². The Hall–Kier alpha value is -0.520. The van der Waals surface area contributed by atoms with Gasteiger partial charge < -0.3 is 0 Å². The fourth-order valence-electron chi connectivity index (χ4n) is 13.4. The van der Waals surface area contributed by atoms with Gasteiger partial charge >= 0.3 is 0 Å². The third-order valence-corrected chi connectivity index (χ3v) is 12.0. The fraction of sp³-hybridized carbons (Fsp3) is 0.800. The predicted octanol–water partition coefficient (Wildman–Crippen LogP) is 2.59. The first-order chi connectivity index (χ1) is 10.0. The van der Waals surface area contributed by atoms with Crippen LogP contribution in [0.1, 0.15) is 0 Å². The largest absolute Gasteiger partial charge is 0.0630 e. The number of rotatable bonds is 0. The Morgan fingerprint density at radius 2 is 0.400 bits per heavy atom. The third kappa shape index (κ3) is 0.333. The van der Waals surface area contributed by atoms with Gasteiger partial charge in [-0.05, 0) is 94.7 Å². The minimum Gasteiger partial charge on any atom is -0.0630 e. The van der Waals surface area contributed by atoms with Gasteiger partial charge in [0.15, 0.2) is 0 Å². The lowest BCUT2D eigenvalue weighted by Gasteiger charge is -2.28. The number of hydrogen-bond acceptors (Lipinski definition) is 0. The summed E-state index contributed by atoms with van der Waals surface area (Å²) < 4.78 is 0. The van der Waals surface area contributed by atoms with Crippen LogP contribution in [0.2, 0.25) is 0 Å². The maximum absolute atomic E-state index is 2.21. The SMILES string of the molecule is C12=C3C4C5C1C1C6C7=C8C(C65)C4C4C3C3C2C1C7C3C84. The smallest absolute Gasteiger partial charge is 0.0123 e. The van der Waals surface area contributed by atoms with Crippen molar-refractivity contribution in [1.82, 2.24) is 0 Å². The molecule has 12 aliphatic carbocycles. The zero-order chi connectivity index (χ0) is 11.5. The highest BCUT2D eigenvalue weighted by Crippen LogP contribution is 2.99.